The van der Waals surface area contributed by atoms with Gasteiger partial charge in [0, 0.05) is 17.1 Å². The first-order valence-corrected chi connectivity index (χ1v) is 7.34. The number of methoxy groups -OCH3 is 1. The van der Waals surface area contributed by atoms with Crippen LogP contribution in [0.3, 0.4) is 0 Å². The van der Waals surface area contributed by atoms with Crippen molar-refractivity contribution in [1.82, 2.24) is 4.98 Å². The van der Waals surface area contributed by atoms with Crippen molar-refractivity contribution >= 4 is 39.6 Å². The molecule has 2 N–H and O–H groups in total. The highest BCUT2D eigenvalue weighted by molar-refractivity contribution is 6.30. The van der Waals surface area contributed by atoms with Crippen LogP contribution in [0, 0.1) is 15.9 Å². The van der Waals surface area contributed by atoms with Crippen LogP contribution in [0.15, 0.2) is 36.5 Å². The van der Waals surface area contributed by atoms with Crippen LogP contribution in [0.25, 0.3) is 10.9 Å². The maximum atomic E-state index is 13.7. The van der Waals surface area contributed by atoms with Gasteiger partial charge in [-0.25, -0.2) is 9.37 Å². The van der Waals surface area contributed by atoms with Crippen molar-refractivity contribution in [1.29, 1.82) is 0 Å². The number of nitrogens with zero attached hydrogens (tertiary/aromatic N) is 2. The Morgan fingerprint density at radius 3 is 2.76 bits per heavy atom. The highest BCUT2D eigenvalue weighted by Crippen LogP contribution is 2.39. The lowest BCUT2D eigenvalue weighted by molar-refractivity contribution is -0.384. The Labute approximate surface area is 145 Å². The molecule has 25 heavy (non-hydrogen) atoms. The summed E-state index contributed by atoms with van der Waals surface area (Å²) in [5, 5.41) is 24.3. The molecule has 7 nitrogen and oxygen atoms in total. The van der Waals surface area contributed by atoms with Gasteiger partial charge in [-0.2, -0.15) is 0 Å². The number of aromatic nitrogens is 1. The largest absolute Gasteiger partial charge is 0.504 e. The number of ether oxygens (including phenoxy) is 1. The molecule has 3 aromatic rings. The van der Waals surface area contributed by atoms with E-state index in [1.165, 1.54) is 31.4 Å². The Hall–Kier alpha value is -3.13. The fraction of sp³-hybridized carbons (Fsp3) is 0.0625. The fourth-order valence-corrected chi connectivity index (χ4v) is 2.47. The molecule has 0 bridgehead atoms. The molecule has 0 amide bonds. The predicted molar refractivity (Wildman–Crippen MR) is 91.3 cm³/mol. The molecular formula is C16H11ClFN3O4. The molecule has 0 aliphatic rings. The van der Waals surface area contributed by atoms with E-state index < -0.39 is 10.7 Å². The Balaban J connectivity index is 2.23. The summed E-state index contributed by atoms with van der Waals surface area (Å²) in [6, 6.07) is 6.68. The highest BCUT2D eigenvalue weighted by atomic mass is 35.5. The van der Waals surface area contributed by atoms with Gasteiger partial charge in [-0.05, 0) is 24.3 Å². The number of anilines is 2. The molecule has 0 aliphatic carbocycles. The van der Waals surface area contributed by atoms with E-state index in [9.17, 15) is 19.6 Å². The Morgan fingerprint density at radius 1 is 1.36 bits per heavy atom. The maximum Gasteiger partial charge on any atom is 0.311 e. The first-order valence-electron chi connectivity index (χ1n) is 6.97. The molecular weight excluding hydrogens is 353 g/mol. The lowest BCUT2D eigenvalue weighted by Crippen LogP contribution is -2.00. The molecule has 0 saturated heterocycles. The summed E-state index contributed by atoms with van der Waals surface area (Å²) in [4.78, 5) is 14.7. The summed E-state index contributed by atoms with van der Waals surface area (Å²) in [5.41, 5.74) is 0.357. The topological polar surface area (TPSA) is 97.5 Å². The fourth-order valence-electron chi connectivity index (χ4n) is 2.35. The summed E-state index contributed by atoms with van der Waals surface area (Å²) >= 11 is 5.65. The Morgan fingerprint density at radius 2 is 2.12 bits per heavy atom. The van der Waals surface area contributed by atoms with Crippen molar-refractivity contribution < 1.29 is 19.2 Å². The van der Waals surface area contributed by atoms with Crippen molar-refractivity contribution in [3.8, 4) is 11.5 Å². The summed E-state index contributed by atoms with van der Waals surface area (Å²) in [7, 11) is 1.35. The molecule has 0 aliphatic heterocycles. The van der Waals surface area contributed by atoms with Gasteiger partial charge in [0.25, 0.3) is 0 Å². The molecule has 3 rings (SSSR count). The van der Waals surface area contributed by atoms with Gasteiger partial charge >= 0.3 is 5.69 Å². The average Bonchev–Trinajstić information content (AvgIpc) is 2.57. The predicted octanol–water partition coefficient (Wildman–Crippen LogP) is 4.39. The van der Waals surface area contributed by atoms with Crippen LogP contribution in [0.5, 0.6) is 11.5 Å². The van der Waals surface area contributed by atoms with Crippen LogP contribution in [0.4, 0.5) is 21.5 Å². The minimum atomic E-state index is -0.664. The lowest BCUT2D eigenvalue weighted by Gasteiger charge is -2.12. The van der Waals surface area contributed by atoms with E-state index in [-0.39, 0.29) is 33.6 Å². The highest BCUT2D eigenvalue weighted by Gasteiger charge is 2.20. The normalized spacial score (nSPS) is 10.7. The number of nitrogens with one attached hydrogen (secondary N) is 1. The molecule has 0 unspecified atom stereocenters. The number of hydrogen-bond donors (Lipinski definition) is 2. The maximum absolute atomic E-state index is 13.7. The van der Waals surface area contributed by atoms with Crippen LogP contribution < -0.4 is 10.1 Å². The molecule has 0 fully saturated rings. The van der Waals surface area contributed by atoms with Crippen LogP contribution in [0.2, 0.25) is 5.02 Å². The van der Waals surface area contributed by atoms with Crippen molar-refractivity contribution in [3.63, 3.8) is 0 Å². The minimum absolute atomic E-state index is 0.0637. The molecule has 1 heterocycles. The quantitative estimate of drug-likeness (QED) is 0.527. The second kappa shape index (κ2) is 6.40. The number of aromatic hydroxyl groups is 1. The van der Waals surface area contributed by atoms with Crippen LogP contribution >= 0.6 is 11.6 Å². The first kappa shape index (κ1) is 16.7. The van der Waals surface area contributed by atoms with Crippen molar-refractivity contribution in [2.45, 2.75) is 0 Å². The number of benzene rings is 2. The summed E-state index contributed by atoms with van der Waals surface area (Å²) in [6.45, 7) is 0. The number of pyridine rings is 1. The van der Waals surface area contributed by atoms with Crippen molar-refractivity contribution in [3.05, 3.63) is 57.5 Å². The number of halogens is 2. The SMILES string of the molecule is COc1cc2c(Nc3ccc(Cl)c(F)c3)c([N+](=O)[O-])cnc2cc1O. The smallest absolute Gasteiger partial charge is 0.311 e. The van der Waals surface area contributed by atoms with Gasteiger partial charge in [0.1, 0.15) is 17.7 Å². The van der Waals surface area contributed by atoms with Gasteiger partial charge in [-0.15, -0.1) is 0 Å². The molecule has 0 spiro atoms. The first-order chi connectivity index (χ1) is 11.9. The molecule has 0 saturated carbocycles. The Bertz CT molecular complexity index is 997. The average molecular weight is 364 g/mol. The van der Waals surface area contributed by atoms with E-state index in [0.29, 0.717) is 10.9 Å². The molecule has 128 valence electrons. The second-order valence-corrected chi connectivity index (χ2v) is 5.48. The summed E-state index contributed by atoms with van der Waals surface area (Å²) < 4.78 is 18.7. The van der Waals surface area contributed by atoms with E-state index in [4.69, 9.17) is 16.3 Å². The van der Waals surface area contributed by atoms with Crippen molar-refractivity contribution in [2.75, 3.05) is 12.4 Å². The third kappa shape index (κ3) is 3.11. The van der Waals surface area contributed by atoms with E-state index >= 15 is 0 Å². The number of rotatable bonds is 4. The summed E-state index contributed by atoms with van der Waals surface area (Å²) in [6.07, 6.45) is 1.06. The zero-order valence-corrected chi connectivity index (χ0v) is 13.5. The zero-order valence-electron chi connectivity index (χ0n) is 12.8. The standard InChI is InChI=1S/C16H11ClFN3O4/c1-25-15-5-9-12(6-14(15)22)19-7-13(21(23)24)16(9)20-8-2-3-10(17)11(18)4-8/h2-7,22H,1H3,(H,19,20). The van der Waals surface area contributed by atoms with E-state index in [0.717, 1.165) is 12.3 Å². The number of phenols is 1. The van der Waals surface area contributed by atoms with Gasteiger partial charge in [-0.1, -0.05) is 11.6 Å². The van der Waals surface area contributed by atoms with E-state index in [1.807, 2.05) is 0 Å². The molecule has 2 aromatic carbocycles. The van der Waals surface area contributed by atoms with Gasteiger partial charge < -0.3 is 15.2 Å². The van der Waals surface area contributed by atoms with Crippen LogP contribution in [0.1, 0.15) is 0 Å². The van der Waals surface area contributed by atoms with Gasteiger partial charge in [0.05, 0.1) is 22.6 Å². The zero-order chi connectivity index (χ0) is 18.1. The second-order valence-electron chi connectivity index (χ2n) is 5.07. The Kier molecular flexibility index (Phi) is 4.28. The molecule has 0 radical (unpaired) electrons. The van der Waals surface area contributed by atoms with E-state index in [2.05, 4.69) is 10.3 Å². The van der Waals surface area contributed by atoms with Crippen molar-refractivity contribution in [2.24, 2.45) is 0 Å². The monoisotopic (exact) mass is 363 g/mol. The number of nitro groups is 1. The summed E-state index contributed by atoms with van der Waals surface area (Å²) in [5.74, 6) is -0.692. The lowest BCUT2D eigenvalue weighted by atomic mass is 10.1. The third-order valence-electron chi connectivity index (χ3n) is 3.53. The number of fused-ring (bicyclic) bond motifs is 1. The van der Waals surface area contributed by atoms with Crippen LogP contribution in [-0.4, -0.2) is 22.1 Å². The van der Waals surface area contributed by atoms with Gasteiger partial charge in [-0.3, -0.25) is 10.1 Å². The van der Waals surface area contributed by atoms with Crippen LogP contribution in [-0.2, 0) is 0 Å². The third-order valence-corrected chi connectivity index (χ3v) is 3.84. The number of hydrogen-bond acceptors (Lipinski definition) is 6. The van der Waals surface area contributed by atoms with Gasteiger partial charge in [0.15, 0.2) is 11.5 Å². The molecule has 0 atom stereocenters. The van der Waals surface area contributed by atoms with Gasteiger partial charge in [0.2, 0.25) is 0 Å². The number of phenolic OH excluding ortho intramolecular Hbond substituents is 1. The van der Waals surface area contributed by atoms with E-state index in [1.54, 1.807) is 0 Å². The molecule has 9 heteroatoms. The minimum Gasteiger partial charge on any atom is -0.504 e. The molecule has 1 aromatic heterocycles.